The van der Waals surface area contributed by atoms with E-state index in [4.69, 9.17) is 9.97 Å². The molecule has 0 saturated carbocycles. The summed E-state index contributed by atoms with van der Waals surface area (Å²) in [5.41, 5.74) is 4.33. The van der Waals surface area contributed by atoms with E-state index in [2.05, 4.69) is 17.3 Å². The number of likely N-dealkylation sites (N-methyl/N-ethyl adjacent to an activating group) is 1. The average molecular weight is 416 g/mol. The molecule has 7 nitrogen and oxygen atoms in total. The summed E-state index contributed by atoms with van der Waals surface area (Å²) in [5, 5.41) is 3.21. The minimum absolute atomic E-state index is 0.0148. The Morgan fingerprint density at radius 1 is 1.14 bits per heavy atom. The van der Waals surface area contributed by atoms with Crippen LogP contribution >= 0.6 is 0 Å². The van der Waals surface area contributed by atoms with Gasteiger partial charge in [0.15, 0.2) is 0 Å². The Balaban J connectivity index is 1.60. The van der Waals surface area contributed by atoms with E-state index in [1.807, 2.05) is 27.0 Å². The van der Waals surface area contributed by atoms with Crippen LogP contribution < -0.4 is 5.32 Å². The van der Waals surface area contributed by atoms with Crippen molar-refractivity contribution in [2.75, 3.05) is 39.0 Å². The molecule has 1 aromatic heterocycles. The lowest BCUT2D eigenvalue weighted by molar-refractivity contribution is 0.306. The molecular weight excluding hydrogens is 386 g/mol. The summed E-state index contributed by atoms with van der Waals surface area (Å²) in [6.07, 6.45) is 1.67. The van der Waals surface area contributed by atoms with E-state index < -0.39 is 10.0 Å². The Kier molecular flexibility index (Phi) is 5.35. The van der Waals surface area contributed by atoms with Gasteiger partial charge >= 0.3 is 0 Å². The van der Waals surface area contributed by atoms with Gasteiger partial charge in [0.25, 0.3) is 0 Å². The number of aryl methyl sites for hydroxylation is 2. The minimum atomic E-state index is -3.51. The molecule has 3 heterocycles. The molecule has 156 valence electrons. The fourth-order valence-corrected chi connectivity index (χ4v) is 5.74. The van der Waals surface area contributed by atoms with E-state index >= 15 is 0 Å². The highest BCUT2D eigenvalue weighted by Gasteiger charge is 2.35. The van der Waals surface area contributed by atoms with Gasteiger partial charge in [-0.05, 0) is 57.0 Å². The van der Waals surface area contributed by atoms with Gasteiger partial charge in [0.05, 0.1) is 10.6 Å². The van der Waals surface area contributed by atoms with Crippen LogP contribution in [0.3, 0.4) is 0 Å². The van der Waals surface area contributed by atoms with Gasteiger partial charge in [-0.2, -0.15) is 4.31 Å². The van der Waals surface area contributed by atoms with Crippen LogP contribution in [0.15, 0.2) is 23.1 Å². The topological polar surface area (TPSA) is 78.4 Å². The third-order valence-corrected chi connectivity index (χ3v) is 8.00. The lowest BCUT2D eigenvalue weighted by Crippen LogP contribution is -2.30. The summed E-state index contributed by atoms with van der Waals surface area (Å²) >= 11 is 0. The first kappa shape index (κ1) is 20.3. The molecule has 0 radical (unpaired) electrons. The van der Waals surface area contributed by atoms with Crippen LogP contribution in [0.5, 0.6) is 0 Å². The Bertz CT molecular complexity index is 1040. The van der Waals surface area contributed by atoms with Gasteiger partial charge in [-0.25, -0.2) is 18.4 Å². The molecule has 1 fully saturated rings. The van der Waals surface area contributed by atoms with Gasteiger partial charge in [-0.3, -0.25) is 0 Å². The van der Waals surface area contributed by atoms with E-state index in [1.165, 1.54) is 5.56 Å². The van der Waals surface area contributed by atoms with Gasteiger partial charge in [0, 0.05) is 44.7 Å². The van der Waals surface area contributed by atoms with Crippen molar-refractivity contribution in [3.8, 4) is 0 Å². The van der Waals surface area contributed by atoms with Crippen LogP contribution in [0.1, 0.15) is 40.5 Å². The molecule has 1 N–H and O–H groups in total. The third kappa shape index (κ3) is 3.76. The second kappa shape index (κ2) is 7.66. The Hall–Kier alpha value is -2.03. The number of fused-ring (bicyclic) bond motifs is 1. The number of sulfonamides is 1. The molecule has 0 spiro atoms. The quantitative estimate of drug-likeness (QED) is 0.826. The van der Waals surface area contributed by atoms with Crippen molar-refractivity contribution in [2.24, 2.45) is 0 Å². The van der Waals surface area contributed by atoms with Crippen molar-refractivity contribution in [1.29, 1.82) is 0 Å². The lowest BCUT2D eigenvalue weighted by Gasteiger charge is -2.26. The Morgan fingerprint density at radius 3 is 2.66 bits per heavy atom. The Morgan fingerprint density at radius 2 is 1.93 bits per heavy atom. The van der Waals surface area contributed by atoms with Crippen LogP contribution in [0.2, 0.25) is 0 Å². The molecule has 29 heavy (non-hydrogen) atoms. The largest absolute Gasteiger partial charge is 0.373 e. The minimum Gasteiger partial charge on any atom is -0.373 e. The summed E-state index contributed by atoms with van der Waals surface area (Å²) in [6.45, 7) is 6.65. The highest BCUT2D eigenvalue weighted by Crippen LogP contribution is 2.32. The summed E-state index contributed by atoms with van der Waals surface area (Å²) in [5.74, 6) is 1.65. The monoisotopic (exact) mass is 415 g/mol. The number of anilines is 1. The predicted molar refractivity (Wildman–Crippen MR) is 114 cm³/mol. The first-order valence-electron chi connectivity index (χ1n) is 10.1. The van der Waals surface area contributed by atoms with Crippen LogP contribution in [-0.2, 0) is 23.0 Å². The smallest absolute Gasteiger partial charge is 0.243 e. The van der Waals surface area contributed by atoms with Gasteiger partial charge in [0.2, 0.25) is 10.0 Å². The fourth-order valence-electron chi connectivity index (χ4n) is 4.15. The van der Waals surface area contributed by atoms with Crippen molar-refractivity contribution in [3.63, 3.8) is 0 Å². The second-order valence-electron chi connectivity index (χ2n) is 8.19. The third-order valence-electron chi connectivity index (χ3n) is 6.14. The number of aromatic nitrogens is 2. The number of nitrogens with one attached hydrogen (secondary N) is 1. The molecule has 8 heteroatoms. The van der Waals surface area contributed by atoms with Crippen LogP contribution in [-0.4, -0.2) is 61.3 Å². The zero-order chi connectivity index (χ0) is 20.8. The summed E-state index contributed by atoms with van der Waals surface area (Å²) in [4.78, 5) is 12.2. The molecule has 2 aliphatic rings. The van der Waals surface area contributed by atoms with Crippen molar-refractivity contribution >= 4 is 15.8 Å². The van der Waals surface area contributed by atoms with Crippen LogP contribution in [0.25, 0.3) is 0 Å². The molecule has 1 saturated heterocycles. The maximum atomic E-state index is 13.1. The van der Waals surface area contributed by atoms with Gasteiger partial charge in [0.1, 0.15) is 11.6 Å². The fraction of sp³-hybridized carbons (Fsp3) is 0.524. The number of benzene rings is 1. The predicted octanol–water partition coefficient (Wildman–Crippen LogP) is 2.30. The number of hydrogen-bond acceptors (Lipinski definition) is 6. The molecule has 0 aliphatic carbocycles. The highest BCUT2D eigenvalue weighted by atomic mass is 32.2. The molecule has 1 aromatic carbocycles. The van der Waals surface area contributed by atoms with Gasteiger partial charge in [-0.15, -0.1) is 0 Å². The zero-order valence-electron chi connectivity index (χ0n) is 17.6. The van der Waals surface area contributed by atoms with E-state index in [0.29, 0.717) is 18.0 Å². The summed E-state index contributed by atoms with van der Waals surface area (Å²) in [7, 11) is 0.472. The zero-order valence-corrected chi connectivity index (χ0v) is 18.4. The molecule has 1 atom stereocenters. The maximum absolute atomic E-state index is 13.1. The first-order chi connectivity index (χ1) is 13.8. The van der Waals surface area contributed by atoms with E-state index in [0.717, 1.165) is 54.4 Å². The van der Waals surface area contributed by atoms with Crippen molar-refractivity contribution in [3.05, 3.63) is 46.4 Å². The number of nitrogens with zero attached hydrogens (tertiary/aromatic N) is 4. The van der Waals surface area contributed by atoms with E-state index in [9.17, 15) is 8.42 Å². The van der Waals surface area contributed by atoms with Crippen LogP contribution in [0, 0.1) is 13.8 Å². The number of hydrogen-bond donors (Lipinski definition) is 1. The molecule has 4 rings (SSSR count). The molecule has 2 aromatic rings. The molecule has 0 amide bonds. The van der Waals surface area contributed by atoms with E-state index in [-0.39, 0.29) is 5.92 Å². The van der Waals surface area contributed by atoms with Gasteiger partial charge in [-0.1, -0.05) is 6.07 Å². The molecular formula is C21H29N5O2S. The van der Waals surface area contributed by atoms with Crippen molar-refractivity contribution in [2.45, 2.75) is 44.0 Å². The molecule has 0 bridgehead atoms. The molecule has 2 aliphatic heterocycles. The average Bonchev–Trinajstić information content (AvgIpc) is 3.20. The first-order valence-corrected chi connectivity index (χ1v) is 11.6. The lowest BCUT2D eigenvalue weighted by atomic mass is 10.0. The normalized spacial score (nSPS) is 20.6. The van der Waals surface area contributed by atoms with E-state index in [1.54, 1.807) is 16.4 Å². The van der Waals surface area contributed by atoms with Crippen LogP contribution in [0.4, 0.5) is 5.82 Å². The number of rotatable bonds is 4. The highest BCUT2D eigenvalue weighted by molar-refractivity contribution is 7.89. The SMILES string of the molecule is CNc1nc([C@H]2CCN(S(=O)(=O)c3ccc(C)c(C)c3)C2)nc2c1CCN(C)C2. The molecule has 0 unspecified atom stereocenters. The summed E-state index contributed by atoms with van der Waals surface area (Å²) in [6, 6.07) is 5.34. The van der Waals surface area contributed by atoms with Gasteiger partial charge < -0.3 is 10.2 Å². The Labute approximate surface area is 173 Å². The summed E-state index contributed by atoms with van der Waals surface area (Å²) < 4.78 is 27.9. The maximum Gasteiger partial charge on any atom is 0.243 e. The van der Waals surface area contributed by atoms with Crippen molar-refractivity contribution in [1.82, 2.24) is 19.2 Å². The van der Waals surface area contributed by atoms with Crippen molar-refractivity contribution < 1.29 is 8.42 Å². The second-order valence-corrected chi connectivity index (χ2v) is 10.1. The standard InChI is InChI=1S/C21H29N5O2S/c1-14-5-6-17(11-15(14)2)29(27,28)26-10-7-16(12-26)20-23-19-13-25(4)9-8-18(19)21(22-3)24-20/h5-6,11,16H,7-10,12-13H2,1-4H3,(H,22,23,24)/t16-/m0/s1.